The molecule has 2 aliphatic carbocycles. The molecule has 0 radical (unpaired) electrons. The van der Waals surface area contributed by atoms with Crippen LogP contribution in [0.5, 0.6) is 5.75 Å². The molecule has 162 valence electrons. The molecule has 0 bridgehead atoms. The molecule has 0 N–H and O–H groups in total. The van der Waals surface area contributed by atoms with Crippen molar-refractivity contribution in [3.8, 4) is 5.75 Å². The Morgan fingerprint density at radius 1 is 0.862 bits per heavy atom. The zero-order chi connectivity index (χ0) is 20.6. The Hall–Kier alpha value is -1.38. The van der Waals surface area contributed by atoms with E-state index in [1.165, 1.54) is 38.5 Å². The van der Waals surface area contributed by atoms with Gasteiger partial charge in [0.2, 0.25) is 5.82 Å². The molecule has 3 heteroatoms. The highest BCUT2D eigenvalue weighted by Crippen LogP contribution is 2.45. The van der Waals surface area contributed by atoms with E-state index >= 15 is 0 Å². The van der Waals surface area contributed by atoms with E-state index in [0.717, 1.165) is 49.9 Å². The molecule has 0 unspecified atom stereocenters. The van der Waals surface area contributed by atoms with Crippen molar-refractivity contribution in [2.75, 3.05) is 6.61 Å². The first-order valence-corrected chi connectivity index (χ1v) is 11.9. The number of benzene rings is 1. The van der Waals surface area contributed by atoms with Crippen LogP contribution in [0.2, 0.25) is 0 Å². The van der Waals surface area contributed by atoms with Crippen LogP contribution in [0.25, 0.3) is 0 Å². The van der Waals surface area contributed by atoms with Crippen LogP contribution in [0.1, 0.15) is 96.0 Å². The van der Waals surface area contributed by atoms with Crippen LogP contribution >= 0.6 is 0 Å². The lowest BCUT2D eigenvalue weighted by Gasteiger charge is -2.37. The van der Waals surface area contributed by atoms with Gasteiger partial charge in [-0.15, -0.1) is 0 Å². The number of rotatable bonds is 8. The van der Waals surface area contributed by atoms with E-state index in [1.807, 2.05) is 6.92 Å². The van der Waals surface area contributed by atoms with E-state index in [-0.39, 0.29) is 11.7 Å². The molecule has 2 aliphatic rings. The summed E-state index contributed by atoms with van der Waals surface area (Å²) in [5, 5.41) is 0. The molecular formula is C26H38F2O. The average Bonchev–Trinajstić information content (AvgIpc) is 2.76. The van der Waals surface area contributed by atoms with Gasteiger partial charge >= 0.3 is 0 Å². The zero-order valence-corrected chi connectivity index (χ0v) is 18.3. The fraction of sp³-hybridized carbons (Fsp3) is 0.692. The third-order valence-corrected chi connectivity index (χ3v) is 7.10. The molecule has 0 atom stereocenters. The molecular weight excluding hydrogens is 366 g/mol. The fourth-order valence-corrected chi connectivity index (χ4v) is 5.35. The van der Waals surface area contributed by atoms with Gasteiger partial charge in [0.25, 0.3) is 0 Å². The summed E-state index contributed by atoms with van der Waals surface area (Å²) in [6, 6.07) is 3.37. The zero-order valence-electron chi connectivity index (χ0n) is 18.3. The summed E-state index contributed by atoms with van der Waals surface area (Å²) in [4.78, 5) is 0. The standard InChI is InChI=1S/C26H38F2O/c1-3-5-6-7-19-8-10-20(11-9-19)21-12-14-22(15-13-21)23-16-17-24(29-18-4-2)26(28)25(23)27/h6-7,16-17,19-22H,3-5,8-15,18H2,1-2H3. The van der Waals surface area contributed by atoms with Gasteiger partial charge in [0.05, 0.1) is 6.61 Å². The van der Waals surface area contributed by atoms with Crippen LogP contribution in [-0.4, -0.2) is 6.61 Å². The van der Waals surface area contributed by atoms with Crippen LogP contribution in [0, 0.1) is 29.4 Å². The van der Waals surface area contributed by atoms with E-state index in [1.54, 1.807) is 12.1 Å². The lowest BCUT2D eigenvalue weighted by Crippen LogP contribution is -2.25. The fourth-order valence-electron chi connectivity index (χ4n) is 5.35. The van der Waals surface area contributed by atoms with Gasteiger partial charge in [-0.3, -0.25) is 0 Å². The second kappa shape index (κ2) is 11.1. The third kappa shape index (κ3) is 5.83. The SMILES string of the molecule is CCCC=CC1CCC(C2CCC(c3ccc(OCCC)c(F)c3F)CC2)CC1. The predicted molar refractivity (Wildman–Crippen MR) is 116 cm³/mol. The summed E-state index contributed by atoms with van der Waals surface area (Å²) in [5.41, 5.74) is 0.551. The van der Waals surface area contributed by atoms with Crippen molar-refractivity contribution in [1.82, 2.24) is 0 Å². The van der Waals surface area contributed by atoms with Gasteiger partial charge in [-0.1, -0.05) is 38.5 Å². The first-order chi connectivity index (χ1) is 14.1. The molecule has 3 rings (SSSR count). The highest BCUT2D eigenvalue weighted by molar-refractivity contribution is 5.33. The smallest absolute Gasteiger partial charge is 0.200 e. The van der Waals surface area contributed by atoms with E-state index in [0.29, 0.717) is 12.2 Å². The van der Waals surface area contributed by atoms with Gasteiger partial charge in [-0.25, -0.2) is 4.39 Å². The normalized spacial score (nSPS) is 28.0. The highest BCUT2D eigenvalue weighted by atomic mass is 19.2. The summed E-state index contributed by atoms with van der Waals surface area (Å²) in [5.74, 6) is 1.07. The van der Waals surface area contributed by atoms with Crippen molar-refractivity contribution in [3.05, 3.63) is 41.5 Å². The van der Waals surface area contributed by atoms with Gasteiger partial charge in [-0.2, -0.15) is 4.39 Å². The van der Waals surface area contributed by atoms with Crippen molar-refractivity contribution in [2.24, 2.45) is 17.8 Å². The van der Waals surface area contributed by atoms with Crippen LogP contribution in [0.4, 0.5) is 8.78 Å². The molecule has 0 aliphatic heterocycles. The van der Waals surface area contributed by atoms with Crippen LogP contribution in [0.3, 0.4) is 0 Å². The Kier molecular flexibility index (Phi) is 8.56. The van der Waals surface area contributed by atoms with Gasteiger partial charge in [0.1, 0.15) is 0 Å². The maximum absolute atomic E-state index is 14.6. The molecule has 0 heterocycles. The predicted octanol–water partition coefficient (Wildman–Crippen LogP) is 8.19. The van der Waals surface area contributed by atoms with Gasteiger partial charge in [0.15, 0.2) is 11.6 Å². The van der Waals surface area contributed by atoms with Gasteiger partial charge in [-0.05, 0) is 99.5 Å². The van der Waals surface area contributed by atoms with Gasteiger partial charge in [0, 0.05) is 0 Å². The third-order valence-electron chi connectivity index (χ3n) is 7.10. The molecule has 1 aromatic rings. The summed E-state index contributed by atoms with van der Waals surface area (Å²) in [6.45, 7) is 4.60. The van der Waals surface area contributed by atoms with Crippen LogP contribution in [0.15, 0.2) is 24.3 Å². The molecule has 29 heavy (non-hydrogen) atoms. The van der Waals surface area contributed by atoms with Crippen molar-refractivity contribution in [3.63, 3.8) is 0 Å². The van der Waals surface area contributed by atoms with Crippen LogP contribution < -0.4 is 4.74 Å². The molecule has 1 nitrogen and oxygen atoms in total. The molecule has 2 fully saturated rings. The molecule has 0 amide bonds. The number of ether oxygens (including phenoxy) is 1. The van der Waals surface area contributed by atoms with Crippen molar-refractivity contribution < 1.29 is 13.5 Å². The Labute approximate surface area is 175 Å². The highest BCUT2D eigenvalue weighted by Gasteiger charge is 2.32. The molecule has 0 saturated heterocycles. The van der Waals surface area contributed by atoms with E-state index in [9.17, 15) is 8.78 Å². The molecule has 1 aromatic carbocycles. The maximum Gasteiger partial charge on any atom is 0.200 e. The monoisotopic (exact) mass is 404 g/mol. The Morgan fingerprint density at radius 3 is 2.14 bits per heavy atom. The quantitative estimate of drug-likeness (QED) is 0.397. The summed E-state index contributed by atoms with van der Waals surface area (Å²) in [6.07, 6.45) is 17.6. The Morgan fingerprint density at radius 2 is 1.52 bits per heavy atom. The van der Waals surface area contributed by atoms with Crippen molar-refractivity contribution in [1.29, 1.82) is 0 Å². The first-order valence-electron chi connectivity index (χ1n) is 11.9. The lowest BCUT2D eigenvalue weighted by molar-refractivity contribution is 0.170. The van der Waals surface area contributed by atoms with Crippen molar-refractivity contribution in [2.45, 2.75) is 90.4 Å². The van der Waals surface area contributed by atoms with E-state index in [2.05, 4.69) is 19.1 Å². The number of hydrogen-bond donors (Lipinski definition) is 0. The van der Waals surface area contributed by atoms with Crippen molar-refractivity contribution >= 4 is 0 Å². The summed E-state index contributed by atoms with van der Waals surface area (Å²) < 4.78 is 34.3. The summed E-state index contributed by atoms with van der Waals surface area (Å²) >= 11 is 0. The largest absolute Gasteiger partial charge is 0.490 e. The maximum atomic E-state index is 14.6. The van der Waals surface area contributed by atoms with E-state index < -0.39 is 11.6 Å². The number of halogens is 2. The molecule has 0 spiro atoms. The number of allylic oxidation sites excluding steroid dienone is 2. The topological polar surface area (TPSA) is 9.23 Å². The minimum atomic E-state index is -0.812. The molecule has 2 saturated carbocycles. The molecule has 0 aromatic heterocycles. The van der Waals surface area contributed by atoms with Gasteiger partial charge < -0.3 is 4.74 Å². The van der Waals surface area contributed by atoms with E-state index in [4.69, 9.17) is 4.74 Å². The second-order valence-corrected chi connectivity index (χ2v) is 9.13. The first kappa shape index (κ1) is 22.3. The second-order valence-electron chi connectivity index (χ2n) is 9.13. The Bertz CT molecular complexity index is 653. The average molecular weight is 405 g/mol. The lowest BCUT2D eigenvalue weighted by atomic mass is 9.68. The number of hydrogen-bond acceptors (Lipinski definition) is 1. The van der Waals surface area contributed by atoms with Crippen LogP contribution in [-0.2, 0) is 0 Å². The Balaban J connectivity index is 1.50. The summed E-state index contributed by atoms with van der Waals surface area (Å²) in [7, 11) is 0. The minimum absolute atomic E-state index is 0.0477. The number of unbranched alkanes of at least 4 members (excludes halogenated alkanes) is 1. The minimum Gasteiger partial charge on any atom is -0.490 e.